The number of thiophene rings is 1. The fourth-order valence-electron chi connectivity index (χ4n) is 2.15. The molecule has 14 heavy (non-hydrogen) atoms. The lowest BCUT2D eigenvalue weighted by Crippen LogP contribution is -2.01. The van der Waals surface area contributed by atoms with Gasteiger partial charge < -0.3 is 0 Å². The molecule has 1 aromatic heterocycles. The second-order valence-corrected chi connectivity index (χ2v) is 7.14. The van der Waals surface area contributed by atoms with E-state index in [1.807, 2.05) is 11.3 Å². The molecule has 1 aliphatic rings. The first-order valence-corrected chi connectivity index (χ1v) is 7.61. The molecule has 0 N–H and O–H groups in total. The second kappa shape index (κ2) is 4.67. The smallest absolute Gasteiger partial charge is 0.0528 e. The van der Waals surface area contributed by atoms with Gasteiger partial charge in [0.05, 0.1) is 4.83 Å². The molecule has 78 valence electrons. The van der Waals surface area contributed by atoms with Crippen molar-refractivity contribution in [2.45, 2.75) is 37.4 Å². The Morgan fingerprint density at radius 3 is 2.57 bits per heavy atom. The Kier molecular flexibility index (Phi) is 3.72. The maximum Gasteiger partial charge on any atom is 0.0528 e. The molecule has 0 amide bonds. The van der Waals surface area contributed by atoms with E-state index in [1.54, 1.807) is 0 Å². The Morgan fingerprint density at radius 2 is 2.07 bits per heavy atom. The average Bonchev–Trinajstić information content (AvgIpc) is 2.73. The van der Waals surface area contributed by atoms with Crippen molar-refractivity contribution in [2.75, 3.05) is 0 Å². The minimum atomic E-state index is 0.568. The lowest BCUT2D eigenvalue weighted by Gasteiger charge is -2.15. The summed E-state index contributed by atoms with van der Waals surface area (Å²) in [5, 5.41) is 0. The molecule has 0 bridgehead atoms. The van der Waals surface area contributed by atoms with Crippen LogP contribution >= 0.6 is 43.2 Å². The van der Waals surface area contributed by atoms with Crippen molar-refractivity contribution in [1.29, 1.82) is 0 Å². The largest absolute Gasteiger partial charge is 0.143 e. The van der Waals surface area contributed by atoms with E-state index < -0.39 is 0 Å². The van der Waals surface area contributed by atoms with E-state index in [1.165, 1.54) is 39.9 Å². The summed E-state index contributed by atoms with van der Waals surface area (Å²) in [7, 11) is 0. The van der Waals surface area contributed by atoms with Gasteiger partial charge in [-0.25, -0.2) is 0 Å². The zero-order chi connectivity index (χ0) is 10.1. The van der Waals surface area contributed by atoms with Crippen LogP contribution in [0.5, 0.6) is 0 Å². The molecular weight excluding hydrogens is 324 g/mol. The van der Waals surface area contributed by atoms with Gasteiger partial charge in [-0.05, 0) is 47.7 Å². The van der Waals surface area contributed by atoms with E-state index in [0.29, 0.717) is 4.83 Å². The molecule has 1 aromatic rings. The zero-order valence-electron chi connectivity index (χ0n) is 8.22. The fourth-order valence-corrected chi connectivity index (χ4v) is 5.49. The van der Waals surface area contributed by atoms with Gasteiger partial charge in [0.1, 0.15) is 0 Å². The molecule has 1 fully saturated rings. The Labute approximate surface area is 106 Å². The quantitative estimate of drug-likeness (QED) is 0.630. The van der Waals surface area contributed by atoms with Gasteiger partial charge in [-0.1, -0.05) is 28.8 Å². The molecule has 1 saturated carbocycles. The zero-order valence-corrected chi connectivity index (χ0v) is 12.2. The van der Waals surface area contributed by atoms with Crippen molar-refractivity contribution in [1.82, 2.24) is 0 Å². The van der Waals surface area contributed by atoms with Gasteiger partial charge in [-0.15, -0.1) is 11.3 Å². The van der Waals surface area contributed by atoms with Gasteiger partial charge in [0, 0.05) is 14.2 Å². The minimum Gasteiger partial charge on any atom is -0.143 e. The third-order valence-corrected chi connectivity index (χ3v) is 6.46. The fraction of sp³-hybridized carbons (Fsp3) is 0.636. The average molecular weight is 338 g/mol. The SMILES string of the molecule is Cc1cc(Br)c(C(Br)C2CCCC2)s1. The summed E-state index contributed by atoms with van der Waals surface area (Å²) < 4.78 is 1.29. The van der Waals surface area contributed by atoms with Crippen LogP contribution in [0.4, 0.5) is 0 Å². The van der Waals surface area contributed by atoms with Crippen LogP contribution < -0.4 is 0 Å². The number of hydrogen-bond acceptors (Lipinski definition) is 1. The monoisotopic (exact) mass is 336 g/mol. The molecule has 0 aliphatic heterocycles. The molecule has 0 saturated heterocycles. The van der Waals surface area contributed by atoms with Gasteiger partial charge in [-0.3, -0.25) is 0 Å². The summed E-state index contributed by atoms with van der Waals surface area (Å²) in [4.78, 5) is 3.45. The summed E-state index contributed by atoms with van der Waals surface area (Å²) in [6, 6.07) is 2.23. The van der Waals surface area contributed by atoms with Gasteiger partial charge in [0.25, 0.3) is 0 Å². The summed E-state index contributed by atoms with van der Waals surface area (Å²) in [5.74, 6) is 0.851. The third-order valence-electron chi connectivity index (χ3n) is 2.90. The van der Waals surface area contributed by atoms with E-state index in [2.05, 4.69) is 44.8 Å². The van der Waals surface area contributed by atoms with Crippen molar-refractivity contribution < 1.29 is 0 Å². The second-order valence-electron chi connectivity index (χ2n) is 4.02. The molecule has 1 heterocycles. The summed E-state index contributed by atoms with van der Waals surface area (Å²) in [6.45, 7) is 2.17. The predicted octanol–water partition coefficient (Wildman–Crippen LogP) is 5.45. The highest BCUT2D eigenvalue weighted by atomic mass is 79.9. The maximum absolute atomic E-state index is 3.86. The van der Waals surface area contributed by atoms with Crippen LogP contribution in [-0.2, 0) is 0 Å². The molecule has 3 heteroatoms. The van der Waals surface area contributed by atoms with Crippen molar-refractivity contribution in [3.8, 4) is 0 Å². The van der Waals surface area contributed by atoms with E-state index in [-0.39, 0.29) is 0 Å². The Morgan fingerprint density at radius 1 is 1.43 bits per heavy atom. The molecule has 1 unspecified atom stereocenters. The van der Waals surface area contributed by atoms with E-state index in [0.717, 1.165) is 5.92 Å². The van der Waals surface area contributed by atoms with Gasteiger partial charge in [0.2, 0.25) is 0 Å². The highest BCUT2D eigenvalue weighted by Crippen LogP contribution is 2.46. The molecule has 1 atom stereocenters. The molecular formula is C11H14Br2S. The summed E-state index contributed by atoms with van der Waals surface area (Å²) in [5.41, 5.74) is 0. The topological polar surface area (TPSA) is 0 Å². The first-order valence-electron chi connectivity index (χ1n) is 5.08. The highest BCUT2D eigenvalue weighted by molar-refractivity contribution is 9.11. The number of aryl methyl sites for hydroxylation is 1. The molecule has 0 radical (unpaired) electrons. The maximum atomic E-state index is 3.86. The summed E-state index contributed by atoms with van der Waals surface area (Å²) in [6.07, 6.45) is 5.60. The number of alkyl halides is 1. The molecule has 0 spiro atoms. The lowest BCUT2D eigenvalue weighted by atomic mass is 10.0. The van der Waals surface area contributed by atoms with Crippen molar-refractivity contribution >= 4 is 43.2 Å². The van der Waals surface area contributed by atoms with Crippen LogP contribution in [0.3, 0.4) is 0 Å². The lowest BCUT2D eigenvalue weighted by molar-refractivity contribution is 0.545. The van der Waals surface area contributed by atoms with Crippen LogP contribution in [0.2, 0.25) is 0 Å². The standard InChI is InChI=1S/C11H14Br2S/c1-7-6-9(12)11(14-7)10(13)8-4-2-3-5-8/h6,8,10H,2-5H2,1H3. The highest BCUT2D eigenvalue weighted by Gasteiger charge is 2.26. The van der Waals surface area contributed by atoms with E-state index in [9.17, 15) is 0 Å². The van der Waals surface area contributed by atoms with Crippen molar-refractivity contribution in [3.63, 3.8) is 0 Å². The molecule has 0 nitrogen and oxygen atoms in total. The van der Waals surface area contributed by atoms with Gasteiger partial charge in [-0.2, -0.15) is 0 Å². The Bertz CT molecular complexity index is 313. The normalized spacial score (nSPS) is 20.2. The third kappa shape index (κ3) is 2.25. The number of halogens is 2. The molecule has 2 rings (SSSR count). The van der Waals surface area contributed by atoms with Gasteiger partial charge in [0.15, 0.2) is 0 Å². The van der Waals surface area contributed by atoms with Crippen LogP contribution in [0.25, 0.3) is 0 Å². The van der Waals surface area contributed by atoms with Crippen LogP contribution in [0, 0.1) is 12.8 Å². The Balaban J connectivity index is 2.17. The van der Waals surface area contributed by atoms with Crippen LogP contribution in [0.15, 0.2) is 10.5 Å². The van der Waals surface area contributed by atoms with Gasteiger partial charge >= 0.3 is 0 Å². The van der Waals surface area contributed by atoms with E-state index >= 15 is 0 Å². The van der Waals surface area contributed by atoms with Crippen LogP contribution in [-0.4, -0.2) is 0 Å². The van der Waals surface area contributed by atoms with Crippen molar-refractivity contribution in [3.05, 3.63) is 20.3 Å². The molecule has 1 aliphatic carbocycles. The number of rotatable bonds is 2. The first-order chi connectivity index (χ1) is 6.68. The minimum absolute atomic E-state index is 0.568. The van der Waals surface area contributed by atoms with Crippen LogP contribution in [0.1, 0.15) is 40.3 Å². The Hall–Kier alpha value is 0.660. The first kappa shape index (κ1) is 11.2. The predicted molar refractivity (Wildman–Crippen MR) is 70.4 cm³/mol. The number of hydrogen-bond donors (Lipinski definition) is 0. The van der Waals surface area contributed by atoms with Crippen molar-refractivity contribution in [2.24, 2.45) is 5.92 Å². The van der Waals surface area contributed by atoms with E-state index in [4.69, 9.17) is 0 Å². The molecule has 0 aromatic carbocycles. The summed E-state index contributed by atoms with van der Waals surface area (Å²) >= 11 is 9.42.